The molecule has 106 valence electrons. The number of oxazole rings is 1. The predicted molar refractivity (Wildman–Crippen MR) is 73.4 cm³/mol. The molecule has 0 aliphatic carbocycles. The topological polar surface area (TPSA) is 76.4 Å². The molecular formula is C14H17N3O3. The highest BCUT2D eigenvalue weighted by molar-refractivity contribution is 5.91. The molecule has 1 heterocycles. The van der Waals surface area contributed by atoms with Crippen LogP contribution in [0.25, 0.3) is 0 Å². The predicted octanol–water partition coefficient (Wildman–Crippen LogP) is 1.33. The molecule has 6 heteroatoms. The van der Waals surface area contributed by atoms with Crippen LogP contribution < -0.4 is 15.4 Å². The van der Waals surface area contributed by atoms with Gasteiger partial charge in [-0.25, -0.2) is 4.98 Å². The van der Waals surface area contributed by atoms with Crippen LogP contribution in [0.2, 0.25) is 0 Å². The molecule has 1 aromatic heterocycles. The van der Waals surface area contributed by atoms with E-state index in [-0.39, 0.29) is 11.6 Å². The van der Waals surface area contributed by atoms with Crippen molar-refractivity contribution < 1.29 is 13.9 Å². The van der Waals surface area contributed by atoms with Gasteiger partial charge in [0, 0.05) is 6.54 Å². The highest BCUT2D eigenvalue weighted by Gasteiger charge is 2.11. The third kappa shape index (κ3) is 3.58. The van der Waals surface area contributed by atoms with Gasteiger partial charge in [0.15, 0.2) is 5.69 Å². The first-order valence-electron chi connectivity index (χ1n) is 6.23. The molecule has 0 atom stereocenters. The van der Waals surface area contributed by atoms with Crippen LogP contribution >= 0.6 is 0 Å². The van der Waals surface area contributed by atoms with Crippen LogP contribution in [0, 0.1) is 0 Å². The van der Waals surface area contributed by atoms with E-state index in [2.05, 4.69) is 15.6 Å². The molecule has 0 radical (unpaired) electrons. The van der Waals surface area contributed by atoms with Gasteiger partial charge in [-0.15, -0.1) is 0 Å². The van der Waals surface area contributed by atoms with Gasteiger partial charge in [-0.3, -0.25) is 4.79 Å². The lowest BCUT2D eigenvalue weighted by Gasteiger charge is -2.05. The number of carbonyl (C=O) groups is 1. The van der Waals surface area contributed by atoms with Crippen molar-refractivity contribution in [2.75, 3.05) is 14.2 Å². The summed E-state index contributed by atoms with van der Waals surface area (Å²) in [6.07, 6.45) is 1.35. The maximum absolute atomic E-state index is 11.9. The lowest BCUT2D eigenvalue weighted by molar-refractivity contribution is 0.0946. The molecule has 2 N–H and O–H groups in total. The number of rotatable bonds is 6. The number of amides is 1. The van der Waals surface area contributed by atoms with Gasteiger partial charge in [-0.2, -0.15) is 0 Å². The Morgan fingerprint density at radius 2 is 2.25 bits per heavy atom. The van der Waals surface area contributed by atoms with E-state index in [1.165, 1.54) is 6.26 Å². The summed E-state index contributed by atoms with van der Waals surface area (Å²) in [6, 6.07) is 7.52. The third-order valence-electron chi connectivity index (χ3n) is 2.70. The van der Waals surface area contributed by atoms with Crippen molar-refractivity contribution in [1.82, 2.24) is 15.6 Å². The monoisotopic (exact) mass is 275 g/mol. The second-order valence-corrected chi connectivity index (χ2v) is 4.19. The van der Waals surface area contributed by atoms with Crippen LogP contribution in [-0.2, 0) is 13.1 Å². The summed E-state index contributed by atoms with van der Waals surface area (Å²) in [5, 5.41) is 5.69. The first kappa shape index (κ1) is 14.1. The number of aromatic nitrogens is 1. The lowest BCUT2D eigenvalue weighted by atomic mass is 10.2. The molecular weight excluding hydrogens is 258 g/mol. The molecule has 0 aliphatic rings. The van der Waals surface area contributed by atoms with Crippen molar-refractivity contribution >= 4 is 5.91 Å². The van der Waals surface area contributed by atoms with Crippen LogP contribution in [0.1, 0.15) is 21.9 Å². The molecule has 0 fully saturated rings. The van der Waals surface area contributed by atoms with E-state index < -0.39 is 0 Å². The summed E-state index contributed by atoms with van der Waals surface area (Å²) in [7, 11) is 3.39. The zero-order valence-corrected chi connectivity index (χ0v) is 11.5. The Labute approximate surface area is 117 Å². The van der Waals surface area contributed by atoms with Gasteiger partial charge in [0.1, 0.15) is 12.0 Å². The Kier molecular flexibility index (Phi) is 4.73. The van der Waals surface area contributed by atoms with E-state index >= 15 is 0 Å². The molecule has 0 aliphatic heterocycles. The molecule has 2 rings (SSSR count). The number of carbonyl (C=O) groups excluding carboxylic acids is 1. The van der Waals surface area contributed by atoms with Gasteiger partial charge in [0.05, 0.1) is 13.7 Å². The van der Waals surface area contributed by atoms with E-state index in [0.717, 1.165) is 11.3 Å². The Hall–Kier alpha value is -2.34. The van der Waals surface area contributed by atoms with Crippen LogP contribution in [0.4, 0.5) is 0 Å². The highest BCUT2D eigenvalue weighted by Crippen LogP contribution is 2.12. The van der Waals surface area contributed by atoms with Crippen molar-refractivity contribution in [2.24, 2.45) is 0 Å². The lowest BCUT2D eigenvalue weighted by Crippen LogP contribution is -2.23. The van der Waals surface area contributed by atoms with E-state index in [9.17, 15) is 4.79 Å². The zero-order valence-electron chi connectivity index (χ0n) is 11.5. The minimum atomic E-state index is -0.265. The van der Waals surface area contributed by atoms with Gasteiger partial charge in [-0.1, -0.05) is 12.1 Å². The Bertz CT molecular complexity index is 581. The number of nitrogens with zero attached hydrogens (tertiary/aromatic N) is 1. The molecule has 1 aromatic carbocycles. The fourth-order valence-corrected chi connectivity index (χ4v) is 1.70. The number of benzene rings is 1. The standard InChI is InChI=1S/C14H17N3O3/c1-15-8-13-17-12(9-20-13)14(18)16-7-10-4-3-5-11(6-10)19-2/h3-6,9,15H,7-8H2,1-2H3,(H,16,18). The first-order valence-corrected chi connectivity index (χ1v) is 6.23. The maximum Gasteiger partial charge on any atom is 0.273 e. The van der Waals surface area contributed by atoms with E-state index in [4.69, 9.17) is 9.15 Å². The molecule has 0 spiro atoms. The molecule has 0 saturated heterocycles. The maximum atomic E-state index is 11.9. The summed E-state index contributed by atoms with van der Waals surface area (Å²) in [4.78, 5) is 16.0. The average molecular weight is 275 g/mol. The zero-order chi connectivity index (χ0) is 14.4. The smallest absolute Gasteiger partial charge is 0.273 e. The van der Waals surface area contributed by atoms with E-state index in [1.807, 2.05) is 24.3 Å². The van der Waals surface area contributed by atoms with Crippen molar-refractivity contribution in [3.8, 4) is 5.75 Å². The number of ether oxygens (including phenoxy) is 1. The molecule has 20 heavy (non-hydrogen) atoms. The van der Waals surface area contributed by atoms with Gasteiger partial charge in [0.2, 0.25) is 5.89 Å². The summed E-state index contributed by atoms with van der Waals surface area (Å²) < 4.78 is 10.3. The van der Waals surface area contributed by atoms with Crippen molar-refractivity contribution in [3.05, 3.63) is 47.7 Å². The van der Waals surface area contributed by atoms with Crippen LogP contribution in [0.3, 0.4) is 0 Å². The Balaban J connectivity index is 1.93. The number of hydrogen-bond donors (Lipinski definition) is 2. The number of methoxy groups -OCH3 is 1. The summed E-state index contributed by atoms with van der Waals surface area (Å²) in [5.41, 5.74) is 1.23. The molecule has 0 unspecified atom stereocenters. The summed E-state index contributed by atoms with van der Waals surface area (Å²) in [5.74, 6) is 0.979. The first-order chi connectivity index (χ1) is 9.72. The fourth-order valence-electron chi connectivity index (χ4n) is 1.70. The van der Waals surface area contributed by atoms with Crippen molar-refractivity contribution in [2.45, 2.75) is 13.1 Å². The van der Waals surface area contributed by atoms with Crippen LogP contribution in [-0.4, -0.2) is 25.0 Å². The molecule has 2 aromatic rings. The van der Waals surface area contributed by atoms with E-state index in [1.54, 1.807) is 14.2 Å². The third-order valence-corrected chi connectivity index (χ3v) is 2.70. The molecule has 0 bridgehead atoms. The molecule has 0 saturated carbocycles. The van der Waals surface area contributed by atoms with Gasteiger partial charge in [0.25, 0.3) is 5.91 Å². The van der Waals surface area contributed by atoms with E-state index in [0.29, 0.717) is 19.0 Å². The second kappa shape index (κ2) is 6.72. The molecule has 6 nitrogen and oxygen atoms in total. The minimum absolute atomic E-state index is 0.265. The summed E-state index contributed by atoms with van der Waals surface area (Å²) >= 11 is 0. The largest absolute Gasteiger partial charge is 0.497 e. The Morgan fingerprint density at radius 1 is 1.40 bits per heavy atom. The SMILES string of the molecule is CNCc1nc(C(=O)NCc2cccc(OC)c2)co1. The van der Waals surface area contributed by atoms with Crippen LogP contribution in [0.5, 0.6) is 5.75 Å². The molecule has 1 amide bonds. The van der Waals surface area contributed by atoms with Gasteiger partial charge >= 0.3 is 0 Å². The quantitative estimate of drug-likeness (QED) is 0.831. The number of hydrogen-bond acceptors (Lipinski definition) is 5. The van der Waals surface area contributed by atoms with Gasteiger partial charge < -0.3 is 19.8 Å². The number of nitrogens with one attached hydrogen (secondary N) is 2. The normalized spacial score (nSPS) is 10.3. The van der Waals surface area contributed by atoms with Crippen LogP contribution in [0.15, 0.2) is 34.9 Å². The highest BCUT2D eigenvalue weighted by atomic mass is 16.5. The minimum Gasteiger partial charge on any atom is -0.497 e. The Morgan fingerprint density at radius 3 is 3.00 bits per heavy atom. The van der Waals surface area contributed by atoms with Gasteiger partial charge in [-0.05, 0) is 24.7 Å². The van der Waals surface area contributed by atoms with Crippen molar-refractivity contribution in [3.63, 3.8) is 0 Å². The van der Waals surface area contributed by atoms with Crippen molar-refractivity contribution in [1.29, 1.82) is 0 Å². The fraction of sp³-hybridized carbons (Fsp3) is 0.286. The average Bonchev–Trinajstić information content (AvgIpc) is 2.94. The summed E-state index contributed by atoms with van der Waals surface area (Å²) in [6.45, 7) is 0.896. The second-order valence-electron chi connectivity index (χ2n) is 4.19.